The molecule has 0 unspecified atom stereocenters. The predicted octanol–water partition coefficient (Wildman–Crippen LogP) is -1.15. The number of ether oxygens (including phenoxy) is 1. The summed E-state index contributed by atoms with van der Waals surface area (Å²) in [6.45, 7) is 3.13. The van der Waals surface area contributed by atoms with E-state index in [0.717, 1.165) is 0 Å². The molecule has 15 heavy (non-hydrogen) atoms. The average molecular weight is 218 g/mol. The van der Waals surface area contributed by atoms with E-state index in [1.165, 1.54) is 0 Å². The summed E-state index contributed by atoms with van der Waals surface area (Å²) >= 11 is 0. The van der Waals surface area contributed by atoms with Crippen LogP contribution in [0.5, 0.6) is 0 Å². The lowest BCUT2D eigenvalue weighted by atomic mass is 9.97. The molecule has 0 aliphatic carbocycles. The third-order valence-electron chi connectivity index (χ3n) is 2.25. The van der Waals surface area contributed by atoms with Crippen LogP contribution < -0.4 is 0 Å². The monoisotopic (exact) mass is 218 g/mol. The molecule has 0 spiro atoms. The number of hydrogen-bond acceptors (Lipinski definition) is 6. The van der Waals surface area contributed by atoms with Crippen LogP contribution in [0.3, 0.4) is 0 Å². The maximum absolute atomic E-state index is 11.0. The first-order chi connectivity index (χ1) is 6.86. The van der Waals surface area contributed by atoms with Crippen LogP contribution in [0.1, 0.15) is 13.8 Å². The van der Waals surface area contributed by atoms with Crippen LogP contribution in [0.2, 0.25) is 0 Å². The second-order valence-corrected chi connectivity index (χ2v) is 3.67. The molecule has 0 radical (unpaired) electrons. The Labute approximate surface area is 86.4 Å². The Hall–Kier alpha value is -1.11. The summed E-state index contributed by atoms with van der Waals surface area (Å²) in [5, 5.41) is 37.3. The zero-order valence-corrected chi connectivity index (χ0v) is 8.41. The van der Waals surface area contributed by atoms with E-state index in [9.17, 15) is 20.1 Å². The van der Waals surface area contributed by atoms with Crippen molar-refractivity contribution in [3.05, 3.63) is 11.3 Å². The largest absolute Gasteiger partial charge is 0.508 e. The number of hydrogen-bond donors (Lipinski definition) is 4. The molecule has 1 rings (SSSR count). The molecule has 1 heterocycles. The Morgan fingerprint density at radius 3 is 2.20 bits per heavy atom. The first-order valence-electron chi connectivity index (χ1n) is 4.47. The Bertz CT molecular complexity index is 293. The van der Waals surface area contributed by atoms with Crippen LogP contribution in [0, 0.1) is 0 Å². The van der Waals surface area contributed by atoms with Gasteiger partial charge < -0.3 is 25.2 Å². The third kappa shape index (κ3) is 2.11. The lowest BCUT2D eigenvalue weighted by Crippen LogP contribution is -2.56. The average Bonchev–Trinajstić information content (AvgIpc) is 2.19. The number of esters is 1. The van der Waals surface area contributed by atoms with Crippen molar-refractivity contribution in [3.8, 4) is 0 Å². The van der Waals surface area contributed by atoms with Gasteiger partial charge in [-0.2, -0.15) is 0 Å². The van der Waals surface area contributed by atoms with Crippen LogP contribution >= 0.6 is 0 Å². The summed E-state index contributed by atoms with van der Waals surface area (Å²) in [5.41, 5.74) is 0.454. The van der Waals surface area contributed by atoms with Gasteiger partial charge in [0.05, 0.1) is 0 Å². The molecule has 0 aromatic rings. The zero-order valence-electron chi connectivity index (χ0n) is 8.41. The maximum Gasteiger partial charge on any atom is 0.338 e. The highest BCUT2D eigenvalue weighted by Gasteiger charge is 2.45. The summed E-state index contributed by atoms with van der Waals surface area (Å²) in [6, 6.07) is 0. The minimum Gasteiger partial charge on any atom is -0.508 e. The van der Waals surface area contributed by atoms with Gasteiger partial charge >= 0.3 is 5.97 Å². The number of carbonyl (C=O) groups is 1. The molecule has 6 nitrogen and oxygen atoms in total. The van der Waals surface area contributed by atoms with Crippen LogP contribution in [0.15, 0.2) is 11.3 Å². The van der Waals surface area contributed by atoms with Crippen LogP contribution in [0.4, 0.5) is 0 Å². The number of carbonyl (C=O) groups excluding carboxylic acids is 1. The predicted molar refractivity (Wildman–Crippen MR) is 48.9 cm³/mol. The quantitative estimate of drug-likeness (QED) is 0.327. The number of rotatable bonds is 1. The maximum atomic E-state index is 11.0. The third-order valence-corrected chi connectivity index (χ3v) is 2.25. The van der Waals surface area contributed by atoms with Gasteiger partial charge in [0.2, 0.25) is 0 Å². The smallest absolute Gasteiger partial charge is 0.338 e. The highest BCUT2D eigenvalue weighted by Crippen LogP contribution is 2.22. The minimum atomic E-state index is -1.78. The summed E-state index contributed by atoms with van der Waals surface area (Å²) in [7, 11) is 0. The molecule has 1 aliphatic heterocycles. The van der Waals surface area contributed by atoms with Crippen molar-refractivity contribution in [1.82, 2.24) is 0 Å². The van der Waals surface area contributed by atoms with E-state index in [4.69, 9.17) is 5.11 Å². The zero-order chi connectivity index (χ0) is 11.7. The molecule has 0 aromatic heterocycles. The molecule has 0 saturated carbocycles. The van der Waals surface area contributed by atoms with E-state index in [-0.39, 0.29) is 5.76 Å². The Morgan fingerprint density at radius 1 is 1.20 bits per heavy atom. The number of allylic oxidation sites excluding steroid dienone is 1. The van der Waals surface area contributed by atoms with E-state index in [2.05, 4.69) is 4.74 Å². The molecule has 0 amide bonds. The Morgan fingerprint density at radius 2 is 1.73 bits per heavy atom. The first kappa shape index (κ1) is 12.0. The van der Waals surface area contributed by atoms with Crippen LogP contribution in [-0.4, -0.2) is 50.8 Å². The number of aliphatic hydroxyl groups is 4. The Kier molecular flexibility index (Phi) is 3.33. The molecule has 4 N–H and O–H groups in total. The molecule has 86 valence electrons. The highest BCUT2D eigenvalue weighted by molar-refractivity contribution is 5.76. The van der Waals surface area contributed by atoms with Crippen molar-refractivity contribution < 1.29 is 30.0 Å². The van der Waals surface area contributed by atoms with Gasteiger partial charge in [0.15, 0.2) is 12.2 Å². The Balaban J connectivity index is 2.94. The second kappa shape index (κ2) is 4.18. The fourth-order valence-corrected chi connectivity index (χ4v) is 1.27. The summed E-state index contributed by atoms with van der Waals surface area (Å²) < 4.78 is 4.60. The van der Waals surface area contributed by atoms with Gasteiger partial charge in [0.25, 0.3) is 0 Å². The first-order valence-corrected chi connectivity index (χ1v) is 4.47. The van der Waals surface area contributed by atoms with E-state index in [0.29, 0.717) is 5.57 Å². The molecule has 1 saturated heterocycles. The van der Waals surface area contributed by atoms with Gasteiger partial charge in [-0.3, -0.25) is 0 Å². The van der Waals surface area contributed by atoms with Crippen LogP contribution in [-0.2, 0) is 9.53 Å². The fourth-order valence-electron chi connectivity index (χ4n) is 1.27. The van der Waals surface area contributed by atoms with Gasteiger partial charge in [-0.1, -0.05) is 0 Å². The minimum absolute atomic E-state index is 0.318. The molecule has 4 atom stereocenters. The topological polar surface area (TPSA) is 107 Å². The van der Waals surface area contributed by atoms with Crippen molar-refractivity contribution >= 4 is 5.97 Å². The fraction of sp³-hybridized carbons (Fsp3) is 0.667. The standard InChI is InChI=1S/C9H14O6/c1-3(2)4(10)8-6(12)5(11)7(13)9(14)15-8/h5-8,10-13H,1-2H3/t5-,6-,7+,8+/m0/s1. The lowest BCUT2D eigenvalue weighted by molar-refractivity contribution is -0.200. The van der Waals surface area contributed by atoms with Gasteiger partial charge in [0.1, 0.15) is 18.0 Å². The second-order valence-electron chi connectivity index (χ2n) is 3.67. The van der Waals surface area contributed by atoms with E-state index < -0.39 is 30.4 Å². The molecule has 1 aliphatic rings. The molecular weight excluding hydrogens is 204 g/mol. The van der Waals surface area contributed by atoms with Crippen molar-refractivity contribution in [3.63, 3.8) is 0 Å². The molecule has 6 heteroatoms. The molecule has 0 aromatic carbocycles. The van der Waals surface area contributed by atoms with Crippen molar-refractivity contribution in [2.24, 2.45) is 0 Å². The molecule has 1 fully saturated rings. The summed E-state index contributed by atoms with van der Waals surface area (Å²) in [4.78, 5) is 11.0. The van der Waals surface area contributed by atoms with Gasteiger partial charge in [-0.05, 0) is 19.4 Å². The number of cyclic esters (lactones) is 1. The molecular formula is C9H14O6. The lowest BCUT2D eigenvalue weighted by Gasteiger charge is -2.34. The van der Waals surface area contributed by atoms with Crippen molar-refractivity contribution in [1.29, 1.82) is 0 Å². The van der Waals surface area contributed by atoms with E-state index >= 15 is 0 Å². The van der Waals surface area contributed by atoms with Gasteiger partial charge in [-0.25, -0.2) is 4.79 Å². The SMILES string of the molecule is CC(C)=C(O)[C@H]1OC(=O)[C@H](O)[C@@H](O)[C@@H]1O. The van der Waals surface area contributed by atoms with Gasteiger partial charge in [0, 0.05) is 0 Å². The van der Waals surface area contributed by atoms with Crippen molar-refractivity contribution in [2.45, 2.75) is 38.3 Å². The van der Waals surface area contributed by atoms with Gasteiger partial charge in [-0.15, -0.1) is 0 Å². The van der Waals surface area contributed by atoms with Crippen LogP contribution in [0.25, 0.3) is 0 Å². The summed E-state index contributed by atoms with van der Waals surface area (Å²) in [6.07, 6.45) is -6.28. The highest BCUT2D eigenvalue weighted by atomic mass is 16.6. The van der Waals surface area contributed by atoms with E-state index in [1.54, 1.807) is 13.8 Å². The van der Waals surface area contributed by atoms with E-state index in [1.807, 2.05) is 0 Å². The normalized spacial score (nSPS) is 35.9. The molecule has 0 bridgehead atoms. The number of aliphatic hydroxyl groups excluding tert-OH is 4. The summed E-state index contributed by atoms with van der Waals surface area (Å²) in [5.74, 6) is -1.38. The van der Waals surface area contributed by atoms with Crippen molar-refractivity contribution in [2.75, 3.05) is 0 Å².